The van der Waals surface area contributed by atoms with Crippen LogP contribution in [0.5, 0.6) is 0 Å². The molecule has 64 valence electrons. The Balaban J connectivity index is 2.07. The summed E-state index contributed by atoms with van der Waals surface area (Å²) >= 11 is 0. The van der Waals surface area contributed by atoms with Crippen molar-refractivity contribution in [2.75, 3.05) is 6.54 Å². The second-order valence-electron chi connectivity index (χ2n) is 3.72. The Morgan fingerprint density at radius 3 is 2.64 bits per heavy atom. The number of carbonyl (C=O) groups excluding carboxylic acids is 1. The number of nitrogens with two attached hydrogens (primary N) is 1. The molecule has 2 N–H and O–H groups in total. The zero-order valence-corrected chi connectivity index (χ0v) is 7.18. The largest absolute Gasteiger partial charge is 0.330 e. The lowest BCUT2D eigenvalue weighted by molar-refractivity contribution is -0.120. The number of hydrogen-bond donors (Lipinski definition) is 1. The second kappa shape index (κ2) is 3.86. The summed E-state index contributed by atoms with van der Waals surface area (Å²) in [5, 5.41) is 0. The molecule has 0 unspecified atom stereocenters. The molecule has 1 aliphatic carbocycles. The van der Waals surface area contributed by atoms with E-state index in [0.717, 1.165) is 12.3 Å². The SMILES string of the molecule is CC1CC(CC(=O)CCN)C1. The quantitative estimate of drug-likeness (QED) is 0.665. The number of hydrogen-bond acceptors (Lipinski definition) is 2. The van der Waals surface area contributed by atoms with Crippen molar-refractivity contribution in [3.63, 3.8) is 0 Å². The van der Waals surface area contributed by atoms with Gasteiger partial charge in [0.15, 0.2) is 0 Å². The smallest absolute Gasteiger partial charge is 0.134 e. The Bertz CT molecular complexity index is 138. The van der Waals surface area contributed by atoms with E-state index in [2.05, 4.69) is 6.92 Å². The van der Waals surface area contributed by atoms with Gasteiger partial charge in [-0.3, -0.25) is 4.79 Å². The number of Topliss-reactive ketones (excluding diaryl/α,β-unsaturated/α-hetero) is 1. The summed E-state index contributed by atoms with van der Waals surface area (Å²) in [5.74, 6) is 1.89. The van der Waals surface area contributed by atoms with E-state index in [4.69, 9.17) is 5.73 Å². The monoisotopic (exact) mass is 155 g/mol. The number of carbonyl (C=O) groups is 1. The van der Waals surface area contributed by atoms with Crippen molar-refractivity contribution in [2.24, 2.45) is 17.6 Å². The van der Waals surface area contributed by atoms with Crippen LogP contribution >= 0.6 is 0 Å². The van der Waals surface area contributed by atoms with E-state index in [1.807, 2.05) is 0 Å². The fourth-order valence-corrected chi connectivity index (χ4v) is 1.82. The van der Waals surface area contributed by atoms with Gasteiger partial charge in [0, 0.05) is 12.8 Å². The van der Waals surface area contributed by atoms with Gasteiger partial charge in [-0.25, -0.2) is 0 Å². The molecule has 0 heterocycles. The van der Waals surface area contributed by atoms with Gasteiger partial charge in [0.05, 0.1) is 0 Å². The van der Waals surface area contributed by atoms with Crippen LogP contribution in [0.15, 0.2) is 0 Å². The van der Waals surface area contributed by atoms with E-state index in [-0.39, 0.29) is 0 Å². The van der Waals surface area contributed by atoms with E-state index in [1.165, 1.54) is 12.8 Å². The van der Waals surface area contributed by atoms with Crippen LogP contribution in [0.4, 0.5) is 0 Å². The van der Waals surface area contributed by atoms with E-state index in [0.29, 0.717) is 24.7 Å². The van der Waals surface area contributed by atoms with Crippen LogP contribution in [0.1, 0.15) is 32.6 Å². The average molecular weight is 155 g/mol. The maximum atomic E-state index is 11.1. The maximum Gasteiger partial charge on any atom is 0.134 e. The Morgan fingerprint density at radius 2 is 2.18 bits per heavy atom. The highest BCUT2D eigenvalue weighted by molar-refractivity contribution is 5.78. The van der Waals surface area contributed by atoms with Crippen molar-refractivity contribution in [3.8, 4) is 0 Å². The van der Waals surface area contributed by atoms with Gasteiger partial charge in [-0.1, -0.05) is 6.92 Å². The molecule has 0 aromatic carbocycles. The van der Waals surface area contributed by atoms with Gasteiger partial charge in [0.25, 0.3) is 0 Å². The van der Waals surface area contributed by atoms with E-state index < -0.39 is 0 Å². The molecule has 0 amide bonds. The van der Waals surface area contributed by atoms with Gasteiger partial charge in [-0.2, -0.15) is 0 Å². The summed E-state index contributed by atoms with van der Waals surface area (Å²) in [6.07, 6.45) is 3.85. The summed E-state index contributed by atoms with van der Waals surface area (Å²) in [6, 6.07) is 0. The van der Waals surface area contributed by atoms with Crippen LogP contribution in [0.3, 0.4) is 0 Å². The van der Waals surface area contributed by atoms with E-state index >= 15 is 0 Å². The first kappa shape index (κ1) is 8.72. The van der Waals surface area contributed by atoms with Crippen LogP contribution in [0, 0.1) is 11.8 Å². The lowest BCUT2D eigenvalue weighted by Gasteiger charge is -2.32. The van der Waals surface area contributed by atoms with Crippen molar-refractivity contribution in [3.05, 3.63) is 0 Å². The topological polar surface area (TPSA) is 43.1 Å². The van der Waals surface area contributed by atoms with Gasteiger partial charge >= 0.3 is 0 Å². The van der Waals surface area contributed by atoms with Crippen molar-refractivity contribution < 1.29 is 4.79 Å². The minimum Gasteiger partial charge on any atom is -0.330 e. The third kappa shape index (κ3) is 2.62. The first-order valence-electron chi connectivity index (χ1n) is 4.44. The van der Waals surface area contributed by atoms with Crippen molar-refractivity contribution in [1.29, 1.82) is 0 Å². The normalized spacial score (nSPS) is 29.6. The van der Waals surface area contributed by atoms with Crippen molar-refractivity contribution in [1.82, 2.24) is 0 Å². The first-order valence-corrected chi connectivity index (χ1v) is 4.44. The lowest BCUT2D eigenvalue weighted by Crippen LogP contribution is -2.24. The van der Waals surface area contributed by atoms with Crippen LogP contribution in [-0.2, 0) is 4.79 Å². The van der Waals surface area contributed by atoms with Crippen LogP contribution < -0.4 is 5.73 Å². The van der Waals surface area contributed by atoms with Gasteiger partial charge in [-0.05, 0) is 31.2 Å². The van der Waals surface area contributed by atoms with Gasteiger partial charge in [0.1, 0.15) is 5.78 Å². The molecule has 0 atom stereocenters. The zero-order chi connectivity index (χ0) is 8.27. The Kier molecular flexibility index (Phi) is 3.06. The summed E-state index contributed by atoms with van der Waals surface area (Å²) in [5.41, 5.74) is 5.27. The van der Waals surface area contributed by atoms with Gasteiger partial charge in [0.2, 0.25) is 0 Å². The predicted molar refractivity (Wildman–Crippen MR) is 45.2 cm³/mol. The Hall–Kier alpha value is -0.370. The summed E-state index contributed by atoms with van der Waals surface area (Å²) in [7, 11) is 0. The van der Waals surface area contributed by atoms with Crippen molar-refractivity contribution >= 4 is 5.78 Å². The van der Waals surface area contributed by atoms with Crippen molar-refractivity contribution in [2.45, 2.75) is 32.6 Å². The minimum atomic E-state index is 0.351. The molecule has 1 aliphatic rings. The highest BCUT2D eigenvalue weighted by Crippen LogP contribution is 2.35. The molecule has 0 saturated heterocycles. The average Bonchev–Trinajstić information content (AvgIpc) is 1.85. The Labute approximate surface area is 68.2 Å². The molecule has 1 saturated carbocycles. The molecular formula is C9H17NO. The lowest BCUT2D eigenvalue weighted by atomic mass is 9.73. The van der Waals surface area contributed by atoms with Crippen LogP contribution in [0.25, 0.3) is 0 Å². The van der Waals surface area contributed by atoms with E-state index in [9.17, 15) is 4.79 Å². The summed E-state index contributed by atoms with van der Waals surface area (Å²) in [4.78, 5) is 11.1. The molecule has 0 aromatic rings. The van der Waals surface area contributed by atoms with Gasteiger partial charge < -0.3 is 5.73 Å². The Morgan fingerprint density at radius 1 is 1.55 bits per heavy atom. The molecule has 2 heteroatoms. The molecule has 2 nitrogen and oxygen atoms in total. The summed E-state index contributed by atoms with van der Waals surface area (Å²) < 4.78 is 0. The molecule has 1 fully saturated rings. The fourth-order valence-electron chi connectivity index (χ4n) is 1.82. The highest BCUT2D eigenvalue weighted by Gasteiger charge is 2.26. The third-order valence-corrected chi connectivity index (χ3v) is 2.41. The first-order chi connectivity index (χ1) is 5.22. The highest BCUT2D eigenvalue weighted by atomic mass is 16.1. The molecule has 11 heavy (non-hydrogen) atoms. The summed E-state index contributed by atoms with van der Waals surface area (Å²) in [6.45, 7) is 2.75. The third-order valence-electron chi connectivity index (χ3n) is 2.41. The van der Waals surface area contributed by atoms with Crippen LogP contribution in [0.2, 0.25) is 0 Å². The minimum absolute atomic E-state index is 0.351. The zero-order valence-electron chi connectivity index (χ0n) is 7.18. The fraction of sp³-hybridized carbons (Fsp3) is 0.889. The molecule has 0 aromatic heterocycles. The van der Waals surface area contributed by atoms with E-state index in [1.54, 1.807) is 0 Å². The number of ketones is 1. The van der Waals surface area contributed by atoms with Gasteiger partial charge in [-0.15, -0.1) is 0 Å². The maximum absolute atomic E-state index is 11.1. The molecule has 0 radical (unpaired) electrons. The molecule has 0 aliphatic heterocycles. The predicted octanol–water partition coefficient (Wildman–Crippen LogP) is 1.34. The molecule has 1 rings (SSSR count). The molecule has 0 spiro atoms. The molecule has 0 bridgehead atoms. The standard InChI is InChI=1S/C9H17NO/c1-7-4-8(5-7)6-9(11)2-3-10/h7-8H,2-6,10H2,1H3. The second-order valence-corrected chi connectivity index (χ2v) is 3.72. The number of rotatable bonds is 4. The van der Waals surface area contributed by atoms with Crippen LogP contribution in [-0.4, -0.2) is 12.3 Å². The molecular weight excluding hydrogens is 138 g/mol.